The Kier molecular flexibility index (Phi) is 8.10. The molecule has 2 aromatic heterocycles. The molecular weight excluding hydrogens is 532 g/mol. The number of anilines is 1. The number of aryl methyl sites for hydroxylation is 1. The minimum absolute atomic E-state index is 0.206. The molecule has 2 amide bonds. The van der Waals surface area contributed by atoms with E-state index in [9.17, 15) is 9.59 Å². The van der Waals surface area contributed by atoms with Gasteiger partial charge in [0.25, 0.3) is 5.91 Å². The first-order valence-corrected chi connectivity index (χ1v) is 13.5. The highest BCUT2D eigenvalue weighted by molar-refractivity contribution is 7.13. The van der Waals surface area contributed by atoms with Crippen LogP contribution in [0.5, 0.6) is 0 Å². The van der Waals surface area contributed by atoms with Gasteiger partial charge in [0.05, 0.1) is 4.88 Å². The number of thiophene rings is 1. The predicted octanol–water partition coefficient (Wildman–Crippen LogP) is 5.45. The fraction of sp³-hybridized carbons (Fsp3) is 0.138. The van der Waals surface area contributed by atoms with Gasteiger partial charge in [-0.1, -0.05) is 77.8 Å². The number of benzene rings is 3. The molecule has 10 heteroatoms. The van der Waals surface area contributed by atoms with Crippen LogP contribution < -0.4 is 10.2 Å². The van der Waals surface area contributed by atoms with Crippen molar-refractivity contribution in [2.24, 2.45) is 0 Å². The van der Waals surface area contributed by atoms with Crippen LogP contribution in [0.2, 0.25) is 5.02 Å². The monoisotopic (exact) mass is 556 g/mol. The Labute approximate surface area is 234 Å². The van der Waals surface area contributed by atoms with Crippen molar-refractivity contribution in [2.75, 3.05) is 4.90 Å². The lowest BCUT2D eigenvalue weighted by molar-refractivity contribution is -0.127. The van der Waals surface area contributed by atoms with Gasteiger partial charge >= 0.3 is 0 Å². The second-order valence-corrected chi connectivity index (χ2v) is 10.3. The molecule has 3 aromatic carbocycles. The highest BCUT2D eigenvalue weighted by Gasteiger charge is 2.33. The van der Waals surface area contributed by atoms with E-state index in [0.29, 0.717) is 28.6 Å². The van der Waals surface area contributed by atoms with Crippen molar-refractivity contribution in [3.63, 3.8) is 0 Å². The van der Waals surface area contributed by atoms with E-state index in [1.54, 1.807) is 24.3 Å². The Morgan fingerprint density at radius 3 is 2.41 bits per heavy atom. The van der Waals surface area contributed by atoms with E-state index in [0.717, 1.165) is 16.0 Å². The number of carbonyl (C=O) groups excluding carboxylic acids is 2. The van der Waals surface area contributed by atoms with Gasteiger partial charge in [-0.05, 0) is 59.0 Å². The minimum atomic E-state index is -0.971. The summed E-state index contributed by atoms with van der Waals surface area (Å²) >= 11 is 7.64. The van der Waals surface area contributed by atoms with Gasteiger partial charge in [0.1, 0.15) is 12.6 Å². The number of nitrogens with zero attached hydrogens (tertiary/aromatic N) is 5. The third-order valence-corrected chi connectivity index (χ3v) is 7.17. The van der Waals surface area contributed by atoms with Crippen molar-refractivity contribution < 1.29 is 9.59 Å². The Bertz CT molecular complexity index is 1540. The highest BCUT2D eigenvalue weighted by atomic mass is 35.5. The quantitative estimate of drug-likeness (QED) is 0.260. The smallest absolute Gasteiger partial charge is 0.251 e. The van der Waals surface area contributed by atoms with Crippen molar-refractivity contribution >= 4 is 40.4 Å². The van der Waals surface area contributed by atoms with Gasteiger partial charge in [-0.2, -0.15) is 4.80 Å². The molecule has 0 aliphatic carbocycles. The molecular formula is C29H25ClN6O2S. The second-order valence-electron chi connectivity index (χ2n) is 8.88. The van der Waals surface area contributed by atoms with E-state index in [1.807, 2.05) is 79.0 Å². The molecule has 0 spiro atoms. The van der Waals surface area contributed by atoms with Gasteiger partial charge in [-0.3, -0.25) is 14.5 Å². The number of rotatable bonds is 9. The van der Waals surface area contributed by atoms with Gasteiger partial charge in [-0.15, -0.1) is 21.5 Å². The van der Waals surface area contributed by atoms with Crippen LogP contribution in [-0.4, -0.2) is 32.0 Å². The van der Waals surface area contributed by atoms with Crippen LogP contribution in [-0.2, 0) is 22.7 Å². The van der Waals surface area contributed by atoms with Crippen LogP contribution in [0.25, 0.3) is 10.7 Å². The number of tetrazole rings is 1. The van der Waals surface area contributed by atoms with E-state index in [4.69, 9.17) is 11.6 Å². The molecule has 5 rings (SSSR count). The maximum absolute atomic E-state index is 13.9. The lowest BCUT2D eigenvalue weighted by Crippen LogP contribution is -2.45. The third-order valence-electron chi connectivity index (χ3n) is 6.05. The summed E-state index contributed by atoms with van der Waals surface area (Å²) in [6.45, 7) is 2.07. The zero-order valence-electron chi connectivity index (χ0n) is 21.1. The number of halogens is 1. The number of nitrogens with one attached hydrogen (secondary N) is 1. The SMILES string of the molecule is Cc1ccc(N(C(=O)Cn2nnc(-c3cccs3)n2)[C@@H](C(=O)NCc2ccccc2)c2ccc(Cl)cc2)cc1. The molecule has 0 aliphatic rings. The maximum atomic E-state index is 13.9. The molecule has 0 unspecified atom stereocenters. The lowest BCUT2D eigenvalue weighted by Gasteiger charge is -2.31. The van der Waals surface area contributed by atoms with Gasteiger partial charge in [0.2, 0.25) is 11.7 Å². The summed E-state index contributed by atoms with van der Waals surface area (Å²) in [5.41, 5.74) is 3.16. The minimum Gasteiger partial charge on any atom is -0.350 e. The summed E-state index contributed by atoms with van der Waals surface area (Å²) in [6.07, 6.45) is 0. The van der Waals surface area contributed by atoms with Gasteiger partial charge in [0.15, 0.2) is 0 Å². The second kappa shape index (κ2) is 12.0. The van der Waals surface area contributed by atoms with Crippen molar-refractivity contribution in [3.05, 3.63) is 118 Å². The van der Waals surface area contributed by atoms with Crippen molar-refractivity contribution in [2.45, 2.75) is 26.1 Å². The molecule has 0 radical (unpaired) electrons. The number of hydrogen-bond donors (Lipinski definition) is 1. The molecule has 0 saturated heterocycles. The number of amides is 2. The number of hydrogen-bond acceptors (Lipinski definition) is 6. The molecule has 5 aromatic rings. The van der Waals surface area contributed by atoms with E-state index in [-0.39, 0.29) is 18.4 Å². The van der Waals surface area contributed by atoms with Crippen LogP contribution in [0, 0.1) is 6.92 Å². The number of aromatic nitrogens is 4. The standard InChI is InChI=1S/C29H25ClN6O2S/c1-20-9-15-24(16-10-20)36(26(37)19-35-33-28(32-34-35)25-8-5-17-39-25)27(22-11-13-23(30)14-12-22)29(38)31-18-21-6-3-2-4-7-21/h2-17,27H,18-19H2,1H3,(H,31,38)/t27-/m1/s1. The van der Waals surface area contributed by atoms with Crippen LogP contribution >= 0.6 is 22.9 Å². The fourth-order valence-corrected chi connectivity index (χ4v) is 4.87. The lowest BCUT2D eigenvalue weighted by atomic mass is 10.0. The first-order chi connectivity index (χ1) is 19.0. The zero-order chi connectivity index (χ0) is 27.2. The Hall–Kier alpha value is -4.34. The molecule has 2 heterocycles. The summed E-state index contributed by atoms with van der Waals surface area (Å²) in [5, 5.41) is 18.0. The Morgan fingerprint density at radius 1 is 0.974 bits per heavy atom. The molecule has 0 aliphatic heterocycles. The fourth-order valence-electron chi connectivity index (χ4n) is 4.10. The summed E-state index contributed by atoms with van der Waals surface area (Å²) in [5.74, 6) is -0.265. The Morgan fingerprint density at radius 2 is 1.72 bits per heavy atom. The average molecular weight is 557 g/mol. The van der Waals surface area contributed by atoms with Crippen LogP contribution in [0.3, 0.4) is 0 Å². The molecule has 1 N–H and O–H groups in total. The predicted molar refractivity (Wildman–Crippen MR) is 152 cm³/mol. The highest BCUT2D eigenvalue weighted by Crippen LogP contribution is 2.30. The third kappa shape index (κ3) is 6.39. The van der Waals surface area contributed by atoms with Crippen molar-refractivity contribution in [1.29, 1.82) is 0 Å². The van der Waals surface area contributed by atoms with E-state index in [2.05, 4.69) is 20.7 Å². The van der Waals surface area contributed by atoms with E-state index in [1.165, 1.54) is 21.0 Å². The van der Waals surface area contributed by atoms with Gasteiger partial charge in [-0.25, -0.2) is 0 Å². The van der Waals surface area contributed by atoms with E-state index < -0.39 is 6.04 Å². The average Bonchev–Trinajstić information content (AvgIpc) is 3.65. The zero-order valence-corrected chi connectivity index (χ0v) is 22.6. The largest absolute Gasteiger partial charge is 0.350 e. The van der Waals surface area contributed by atoms with E-state index >= 15 is 0 Å². The first kappa shape index (κ1) is 26.3. The molecule has 0 saturated carbocycles. The summed E-state index contributed by atoms with van der Waals surface area (Å²) in [6, 6.07) is 26.8. The first-order valence-electron chi connectivity index (χ1n) is 12.3. The summed E-state index contributed by atoms with van der Waals surface area (Å²) in [7, 11) is 0. The Balaban J connectivity index is 1.50. The molecule has 196 valence electrons. The topological polar surface area (TPSA) is 93.0 Å². The summed E-state index contributed by atoms with van der Waals surface area (Å²) < 4.78 is 0. The molecule has 39 heavy (non-hydrogen) atoms. The van der Waals surface area contributed by atoms with Crippen LogP contribution in [0.1, 0.15) is 22.7 Å². The van der Waals surface area contributed by atoms with Crippen LogP contribution in [0.15, 0.2) is 96.4 Å². The van der Waals surface area contributed by atoms with Crippen molar-refractivity contribution in [3.8, 4) is 10.7 Å². The summed E-state index contributed by atoms with van der Waals surface area (Å²) in [4.78, 5) is 31.3. The maximum Gasteiger partial charge on any atom is 0.251 e. The molecule has 0 fully saturated rings. The molecule has 1 atom stereocenters. The van der Waals surface area contributed by atoms with Gasteiger partial charge in [0, 0.05) is 17.3 Å². The van der Waals surface area contributed by atoms with Crippen LogP contribution in [0.4, 0.5) is 5.69 Å². The van der Waals surface area contributed by atoms with Gasteiger partial charge < -0.3 is 5.32 Å². The molecule has 0 bridgehead atoms. The molecule has 8 nitrogen and oxygen atoms in total. The number of carbonyl (C=O) groups is 2. The normalized spacial score (nSPS) is 11.6. The van der Waals surface area contributed by atoms with Crippen molar-refractivity contribution in [1.82, 2.24) is 25.5 Å².